The van der Waals surface area contributed by atoms with E-state index in [2.05, 4.69) is 10.6 Å². The van der Waals surface area contributed by atoms with Gasteiger partial charge in [-0.25, -0.2) is 8.42 Å². The van der Waals surface area contributed by atoms with Gasteiger partial charge < -0.3 is 15.7 Å². The number of sulfonamides is 1. The molecule has 1 aliphatic heterocycles. The van der Waals surface area contributed by atoms with Crippen LogP contribution in [-0.4, -0.2) is 61.9 Å². The predicted octanol–water partition coefficient (Wildman–Crippen LogP) is -0.692. The van der Waals surface area contributed by atoms with Crippen LogP contribution in [0.2, 0.25) is 0 Å². The molecule has 0 unspecified atom stereocenters. The number of aliphatic hydroxyl groups is 1. The van der Waals surface area contributed by atoms with E-state index in [4.69, 9.17) is 5.11 Å². The van der Waals surface area contributed by atoms with Crippen molar-refractivity contribution in [2.75, 3.05) is 26.2 Å². The lowest BCUT2D eigenvalue weighted by Crippen LogP contribution is -2.37. The number of hydrogen-bond donors (Lipinski definition) is 3. The van der Waals surface area contributed by atoms with Gasteiger partial charge >= 0.3 is 0 Å². The van der Waals surface area contributed by atoms with Gasteiger partial charge in [0.1, 0.15) is 0 Å². The normalized spacial score (nSPS) is 18.3. The third-order valence-corrected chi connectivity index (χ3v) is 5.59. The molecule has 0 radical (unpaired) electrons. The number of carbonyl (C=O) groups is 2. The lowest BCUT2D eigenvalue weighted by atomic mass is 10.2. The van der Waals surface area contributed by atoms with Crippen molar-refractivity contribution in [3.63, 3.8) is 0 Å². The first kappa shape index (κ1) is 18.4. The highest BCUT2D eigenvalue weighted by atomic mass is 32.2. The minimum atomic E-state index is -3.66. The van der Waals surface area contributed by atoms with Crippen molar-refractivity contribution < 1.29 is 23.1 Å². The fraction of sp³-hybridized carbons (Fsp3) is 0.467. The SMILES string of the molecule is CC(=O)N[C@@H]1CCN(S(=O)(=O)c2ccc(C(=O)NCCO)cc2)C1. The lowest BCUT2D eigenvalue weighted by Gasteiger charge is -2.17. The van der Waals surface area contributed by atoms with Crippen LogP contribution < -0.4 is 10.6 Å². The van der Waals surface area contributed by atoms with Crippen molar-refractivity contribution >= 4 is 21.8 Å². The van der Waals surface area contributed by atoms with E-state index in [1.807, 2.05) is 0 Å². The Balaban J connectivity index is 2.07. The van der Waals surface area contributed by atoms with Gasteiger partial charge in [0.05, 0.1) is 11.5 Å². The van der Waals surface area contributed by atoms with Gasteiger partial charge in [0.15, 0.2) is 0 Å². The molecule has 1 saturated heterocycles. The van der Waals surface area contributed by atoms with Crippen LogP contribution in [-0.2, 0) is 14.8 Å². The lowest BCUT2D eigenvalue weighted by molar-refractivity contribution is -0.119. The van der Waals surface area contributed by atoms with Crippen molar-refractivity contribution in [1.29, 1.82) is 0 Å². The van der Waals surface area contributed by atoms with E-state index in [1.165, 1.54) is 35.5 Å². The summed E-state index contributed by atoms with van der Waals surface area (Å²) in [5.74, 6) is -0.558. The maximum absolute atomic E-state index is 12.6. The number of amides is 2. The molecular weight excluding hydrogens is 334 g/mol. The molecule has 9 heteroatoms. The Hall–Kier alpha value is -1.97. The molecule has 0 bridgehead atoms. The van der Waals surface area contributed by atoms with E-state index >= 15 is 0 Å². The highest BCUT2D eigenvalue weighted by Crippen LogP contribution is 2.21. The second-order valence-electron chi connectivity index (χ2n) is 5.55. The van der Waals surface area contributed by atoms with Crippen LogP contribution in [0.4, 0.5) is 0 Å². The molecule has 8 nitrogen and oxygen atoms in total. The highest BCUT2D eigenvalue weighted by molar-refractivity contribution is 7.89. The molecule has 0 saturated carbocycles. The first-order chi connectivity index (χ1) is 11.3. The van der Waals surface area contributed by atoms with Crippen molar-refractivity contribution in [3.8, 4) is 0 Å². The van der Waals surface area contributed by atoms with Crippen molar-refractivity contribution in [3.05, 3.63) is 29.8 Å². The standard InChI is InChI=1S/C15H21N3O5S/c1-11(20)17-13-6-8-18(10-13)24(22,23)14-4-2-12(3-5-14)15(21)16-7-9-19/h2-5,13,19H,6-10H2,1H3,(H,16,21)(H,17,20)/t13-/m1/s1. The Morgan fingerprint density at radius 3 is 2.54 bits per heavy atom. The maximum Gasteiger partial charge on any atom is 0.251 e. The third kappa shape index (κ3) is 4.31. The summed E-state index contributed by atoms with van der Waals surface area (Å²) in [6.07, 6.45) is 0.570. The Labute approximate surface area is 140 Å². The monoisotopic (exact) mass is 355 g/mol. The van der Waals surface area contributed by atoms with E-state index in [-0.39, 0.29) is 42.4 Å². The van der Waals surface area contributed by atoms with Crippen LogP contribution in [0.5, 0.6) is 0 Å². The zero-order chi connectivity index (χ0) is 17.7. The second kappa shape index (κ2) is 7.73. The minimum Gasteiger partial charge on any atom is -0.395 e. The van der Waals surface area contributed by atoms with E-state index in [1.54, 1.807) is 0 Å². The zero-order valence-electron chi connectivity index (χ0n) is 13.4. The van der Waals surface area contributed by atoms with Gasteiger partial charge in [0.25, 0.3) is 5.91 Å². The van der Waals surface area contributed by atoms with Gasteiger partial charge in [-0.3, -0.25) is 9.59 Å². The first-order valence-electron chi connectivity index (χ1n) is 7.61. The summed E-state index contributed by atoms with van der Waals surface area (Å²) in [5, 5.41) is 13.9. The molecule has 1 heterocycles. The Morgan fingerprint density at radius 1 is 1.29 bits per heavy atom. The number of carbonyl (C=O) groups excluding carboxylic acids is 2. The van der Waals surface area contributed by atoms with Crippen molar-refractivity contribution in [2.24, 2.45) is 0 Å². The second-order valence-corrected chi connectivity index (χ2v) is 7.49. The largest absolute Gasteiger partial charge is 0.395 e. The minimum absolute atomic E-state index is 0.102. The van der Waals surface area contributed by atoms with Crippen molar-refractivity contribution in [1.82, 2.24) is 14.9 Å². The van der Waals surface area contributed by atoms with Crippen LogP contribution >= 0.6 is 0 Å². The molecule has 132 valence electrons. The molecule has 0 spiro atoms. The van der Waals surface area contributed by atoms with Crippen LogP contribution in [0, 0.1) is 0 Å². The van der Waals surface area contributed by atoms with Crippen LogP contribution in [0.25, 0.3) is 0 Å². The fourth-order valence-corrected chi connectivity index (χ4v) is 4.05. The van der Waals surface area contributed by atoms with Crippen molar-refractivity contribution in [2.45, 2.75) is 24.3 Å². The fourth-order valence-electron chi connectivity index (χ4n) is 2.55. The average molecular weight is 355 g/mol. The molecule has 3 N–H and O–H groups in total. The maximum atomic E-state index is 12.6. The molecule has 2 rings (SSSR count). The van der Waals surface area contributed by atoms with E-state index in [0.29, 0.717) is 18.5 Å². The predicted molar refractivity (Wildman–Crippen MR) is 86.8 cm³/mol. The molecule has 1 atom stereocenters. The quantitative estimate of drug-likeness (QED) is 0.624. The summed E-state index contributed by atoms with van der Waals surface area (Å²) in [5.41, 5.74) is 0.319. The van der Waals surface area contributed by atoms with Crippen LogP contribution in [0.1, 0.15) is 23.7 Å². The summed E-state index contributed by atoms with van der Waals surface area (Å²) >= 11 is 0. The molecule has 1 aromatic rings. The summed E-state index contributed by atoms with van der Waals surface area (Å²) in [7, 11) is -3.66. The number of benzene rings is 1. The summed E-state index contributed by atoms with van der Waals surface area (Å²) in [4.78, 5) is 22.9. The summed E-state index contributed by atoms with van der Waals surface area (Å²) in [6, 6.07) is 5.45. The number of nitrogens with zero attached hydrogens (tertiary/aromatic N) is 1. The topological polar surface area (TPSA) is 116 Å². The molecular formula is C15H21N3O5S. The molecule has 1 fully saturated rings. The first-order valence-corrected chi connectivity index (χ1v) is 9.05. The highest BCUT2D eigenvalue weighted by Gasteiger charge is 2.32. The number of aliphatic hydroxyl groups excluding tert-OH is 1. The number of nitrogens with one attached hydrogen (secondary N) is 2. The molecule has 24 heavy (non-hydrogen) atoms. The van der Waals surface area contributed by atoms with Gasteiger partial charge in [0.2, 0.25) is 15.9 Å². The van der Waals surface area contributed by atoms with Gasteiger partial charge in [0, 0.05) is 38.2 Å². The van der Waals surface area contributed by atoms with Gasteiger partial charge in [-0.2, -0.15) is 4.31 Å². The van der Waals surface area contributed by atoms with Crippen LogP contribution in [0.15, 0.2) is 29.2 Å². The average Bonchev–Trinajstić information content (AvgIpc) is 3.01. The molecule has 1 aromatic carbocycles. The Bertz CT molecular complexity index is 702. The van der Waals surface area contributed by atoms with Gasteiger partial charge in [-0.15, -0.1) is 0 Å². The molecule has 1 aliphatic rings. The van der Waals surface area contributed by atoms with Gasteiger partial charge in [-0.1, -0.05) is 0 Å². The summed E-state index contributed by atoms with van der Waals surface area (Å²) < 4.78 is 26.5. The van der Waals surface area contributed by atoms with Gasteiger partial charge in [-0.05, 0) is 30.7 Å². The zero-order valence-corrected chi connectivity index (χ0v) is 14.2. The third-order valence-electron chi connectivity index (χ3n) is 3.71. The molecule has 0 aromatic heterocycles. The smallest absolute Gasteiger partial charge is 0.251 e. The Kier molecular flexibility index (Phi) is 5.92. The summed E-state index contributed by atoms with van der Waals surface area (Å²) in [6.45, 7) is 1.95. The van der Waals surface area contributed by atoms with E-state index in [0.717, 1.165) is 0 Å². The molecule has 2 amide bonds. The van der Waals surface area contributed by atoms with E-state index in [9.17, 15) is 18.0 Å². The number of hydrogen-bond acceptors (Lipinski definition) is 5. The Morgan fingerprint density at radius 2 is 1.96 bits per heavy atom. The molecule has 0 aliphatic carbocycles. The number of rotatable bonds is 6. The van der Waals surface area contributed by atoms with Crippen LogP contribution in [0.3, 0.4) is 0 Å². The van der Waals surface area contributed by atoms with E-state index < -0.39 is 10.0 Å².